The third-order valence-corrected chi connectivity index (χ3v) is 5.80. The van der Waals surface area contributed by atoms with Gasteiger partial charge in [0.05, 0.1) is 18.9 Å². The molecule has 0 saturated carbocycles. The van der Waals surface area contributed by atoms with Crippen molar-refractivity contribution in [1.29, 1.82) is 0 Å². The van der Waals surface area contributed by atoms with E-state index in [4.69, 9.17) is 14.6 Å². The van der Waals surface area contributed by atoms with Crippen LogP contribution in [-0.2, 0) is 19.5 Å². The number of sulfonamides is 1. The molecule has 1 aromatic heterocycles. The molecule has 2 heterocycles. The molecular formula is C12H21N3O4S2. The Morgan fingerprint density at radius 3 is 3.00 bits per heavy atom. The summed E-state index contributed by atoms with van der Waals surface area (Å²) in [5.41, 5.74) is 0.433. The maximum Gasteiger partial charge on any atom is 0.249 e. The SMILES string of the molecule is Cc1nc(NCCCOCC2CCOC2)sc1S(N)(=O)=O. The van der Waals surface area contributed by atoms with Crippen LogP contribution in [0, 0.1) is 12.8 Å². The first-order chi connectivity index (χ1) is 9.97. The molecule has 0 spiro atoms. The van der Waals surface area contributed by atoms with Crippen molar-refractivity contribution in [3.8, 4) is 0 Å². The Labute approximate surface area is 128 Å². The quantitative estimate of drug-likeness (QED) is 0.686. The number of ether oxygens (including phenoxy) is 2. The highest BCUT2D eigenvalue weighted by Gasteiger charge is 2.17. The van der Waals surface area contributed by atoms with Crippen LogP contribution in [0.25, 0.3) is 0 Å². The second-order valence-corrected chi connectivity index (χ2v) is 7.78. The van der Waals surface area contributed by atoms with Crippen molar-refractivity contribution in [2.24, 2.45) is 11.1 Å². The first kappa shape index (κ1) is 16.6. The van der Waals surface area contributed by atoms with Crippen LogP contribution in [0.3, 0.4) is 0 Å². The lowest BCUT2D eigenvalue weighted by Crippen LogP contribution is -2.12. The highest BCUT2D eigenvalue weighted by atomic mass is 32.2. The number of rotatable bonds is 8. The van der Waals surface area contributed by atoms with E-state index in [0.29, 0.717) is 29.9 Å². The van der Waals surface area contributed by atoms with Crippen molar-refractivity contribution in [3.63, 3.8) is 0 Å². The van der Waals surface area contributed by atoms with Gasteiger partial charge in [0.2, 0.25) is 10.0 Å². The zero-order valence-corrected chi connectivity index (χ0v) is 13.6. The number of thiazole rings is 1. The van der Waals surface area contributed by atoms with Crippen molar-refractivity contribution in [2.45, 2.75) is 24.0 Å². The molecule has 9 heteroatoms. The van der Waals surface area contributed by atoms with Gasteiger partial charge in [-0.1, -0.05) is 11.3 Å². The summed E-state index contributed by atoms with van der Waals surface area (Å²) < 4.78 is 33.6. The third kappa shape index (κ3) is 5.19. The van der Waals surface area contributed by atoms with E-state index >= 15 is 0 Å². The fourth-order valence-corrected chi connectivity index (χ4v) is 3.94. The zero-order chi connectivity index (χ0) is 15.3. The Hall–Kier alpha value is -0.740. The largest absolute Gasteiger partial charge is 0.381 e. The maximum atomic E-state index is 11.3. The maximum absolute atomic E-state index is 11.3. The predicted octanol–water partition coefficient (Wildman–Crippen LogP) is 0.954. The molecule has 1 fully saturated rings. The van der Waals surface area contributed by atoms with E-state index in [-0.39, 0.29) is 4.21 Å². The number of nitrogens with one attached hydrogen (secondary N) is 1. The van der Waals surface area contributed by atoms with E-state index in [0.717, 1.165) is 44.0 Å². The minimum Gasteiger partial charge on any atom is -0.381 e. The van der Waals surface area contributed by atoms with Crippen LogP contribution < -0.4 is 10.5 Å². The van der Waals surface area contributed by atoms with Gasteiger partial charge in [0, 0.05) is 25.7 Å². The Bertz CT molecular complexity index is 553. The number of anilines is 1. The van der Waals surface area contributed by atoms with Gasteiger partial charge in [-0.05, 0) is 19.8 Å². The number of aromatic nitrogens is 1. The highest BCUT2D eigenvalue weighted by Crippen LogP contribution is 2.25. The third-order valence-electron chi connectivity index (χ3n) is 3.13. The molecule has 21 heavy (non-hydrogen) atoms. The predicted molar refractivity (Wildman–Crippen MR) is 81.1 cm³/mol. The van der Waals surface area contributed by atoms with Gasteiger partial charge in [0.15, 0.2) is 9.34 Å². The van der Waals surface area contributed by atoms with E-state index in [1.165, 1.54) is 0 Å². The summed E-state index contributed by atoms with van der Waals surface area (Å²) in [5, 5.41) is 8.77. The second-order valence-electron chi connectivity index (χ2n) is 5.02. The molecule has 3 N–H and O–H groups in total. The van der Waals surface area contributed by atoms with Gasteiger partial charge in [0.1, 0.15) is 0 Å². The number of nitrogens with zero attached hydrogens (tertiary/aromatic N) is 1. The van der Waals surface area contributed by atoms with Crippen LogP contribution in [0.5, 0.6) is 0 Å². The van der Waals surface area contributed by atoms with Crippen molar-refractivity contribution >= 4 is 26.5 Å². The first-order valence-corrected chi connectivity index (χ1v) is 9.22. The van der Waals surface area contributed by atoms with Gasteiger partial charge in [-0.3, -0.25) is 0 Å². The molecule has 120 valence electrons. The van der Waals surface area contributed by atoms with Crippen LogP contribution in [0.2, 0.25) is 0 Å². The van der Waals surface area contributed by atoms with Crippen LogP contribution in [0.4, 0.5) is 5.13 Å². The van der Waals surface area contributed by atoms with Crippen molar-refractivity contribution in [2.75, 3.05) is 38.3 Å². The van der Waals surface area contributed by atoms with E-state index in [1.807, 2.05) is 0 Å². The first-order valence-electron chi connectivity index (χ1n) is 6.86. The molecule has 0 radical (unpaired) electrons. The number of primary sulfonamides is 1. The van der Waals surface area contributed by atoms with Gasteiger partial charge < -0.3 is 14.8 Å². The molecule has 2 rings (SSSR count). The van der Waals surface area contributed by atoms with Gasteiger partial charge in [-0.2, -0.15) is 0 Å². The average Bonchev–Trinajstić information content (AvgIpc) is 3.02. The number of nitrogens with two attached hydrogens (primary N) is 1. The van der Waals surface area contributed by atoms with Gasteiger partial charge >= 0.3 is 0 Å². The fourth-order valence-electron chi connectivity index (χ4n) is 2.06. The summed E-state index contributed by atoms with van der Waals surface area (Å²) in [7, 11) is -3.68. The summed E-state index contributed by atoms with van der Waals surface area (Å²) in [6.07, 6.45) is 1.91. The molecule has 1 unspecified atom stereocenters. The summed E-state index contributed by atoms with van der Waals surface area (Å²) in [6.45, 7) is 5.35. The minimum absolute atomic E-state index is 0.113. The second kappa shape index (κ2) is 7.50. The molecular weight excluding hydrogens is 314 g/mol. The molecule has 1 aliphatic rings. The van der Waals surface area contributed by atoms with E-state index in [2.05, 4.69) is 10.3 Å². The molecule has 7 nitrogen and oxygen atoms in total. The van der Waals surface area contributed by atoms with E-state index < -0.39 is 10.0 Å². The Morgan fingerprint density at radius 2 is 2.38 bits per heavy atom. The zero-order valence-electron chi connectivity index (χ0n) is 12.0. The van der Waals surface area contributed by atoms with Crippen molar-refractivity contribution in [1.82, 2.24) is 4.98 Å². The normalized spacial score (nSPS) is 19.0. The molecule has 0 bridgehead atoms. The molecule has 0 aromatic carbocycles. The molecule has 0 aliphatic carbocycles. The molecule has 0 amide bonds. The lowest BCUT2D eigenvalue weighted by Gasteiger charge is -2.08. The van der Waals surface area contributed by atoms with Crippen molar-refractivity contribution < 1.29 is 17.9 Å². The monoisotopic (exact) mass is 335 g/mol. The van der Waals surface area contributed by atoms with Crippen molar-refractivity contribution in [3.05, 3.63) is 5.69 Å². The summed E-state index contributed by atoms with van der Waals surface area (Å²) in [6, 6.07) is 0. The summed E-state index contributed by atoms with van der Waals surface area (Å²) >= 11 is 1.06. The molecule has 1 saturated heterocycles. The standard InChI is InChI=1S/C12H21N3O4S2/c1-9-11(21(13,16)17)20-12(15-9)14-4-2-5-18-7-10-3-6-19-8-10/h10H,2-8H2,1H3,(H,14,15)(H2,13,16,17). The van der Waals surface area contributed by atoms with Crippen LogP contribution in [0.1, 0.15) is 18.5 Å². The van der Waals surface area contributed by atoms with E-state index in [9.17, 15) is 8.42 Å². The molecule has 1 aromatic rings. The van der Waals surface area contributed by atoms with Gasteiger partial charge in [-0.25, -0.2) is 18.5 Å². The summed E-state index contributed by atoms with van der Waals surface area (Å²) in [4.78, 5) is 4.15. The number of hydrogen-bond donors (Lipinski definition) is 2. The topological polar surface area (TPSA) is 104 Å². The smallest absolute Gasteiger partial charge is 0.249 e. The lowest BCUT2D eigenvalue weighted by molar-refractivity contribution is 0.0897. The van der Waals surface area contributed by atoms with Crippen LogP contribution >= 0.6 is 11.3 Å². The molecule has 1 atom stereocenters. The lowest BCUT2D eigenvalue weighted by atomic mass is 10.1. The Morgan fingerprint density at radius 1 is 1.57 bits per heavy atom. The number of aryl methyl sites for hydroxylation is 1. The van der Waals surface area contributed by atoms with Crippen LogP contribution in [-0.4, -0.2) is 46.4 Å². The fraction of sp³-hybridized carbons (Fsp3) is 0.750. The minimum atomic E-state index is -3.68. The van der Waals surface area contributed by atoms with Gasteiger partial charge in [0.25, 0.3) is 0 Å². The Balaban J connectivity index is 1.64. The van der Waals surface area contributed by atoms with E-state index in [1.54, 1.807) is 6.92 Å². The Kier molecular flexibility index (Phi) is 5.94. The van der Waals surface area contributed by atoms with Gasteiger partial charge in [-0.15, -0.1) is 0 Å². The molecule has 1 aliphatic heterocycles. The summed E-state index contributed by atoms with van der Waals surface area (Å²) in [5.74, 6) is 0.525. The average molecular weight is 335 g/mol. The van der Waals surface area contributed by atoms with Crippen LogP contribution in [0.15, 0.2) is 4.21 Å². The highest BCUT2D eigenvalue weighted by molar-refractivity contribution is 7.91. The number of hydrogen-bond acceptors (Lipinski definition) is 7.